The van der Waals surface area contributed by atoms with Crippen LogP contribution in [-0.4, -0.2) is 27.7 Å². The van der Waals surface area contributed by atoms with Crippen LogP contribution in [0.15, 0.2) is 6.07 Å². The van der Waals surface area contributed by atoms with E-state index in [1.165, 1.54) is 6.07 Å². The predicted molar refractivity (Wildman–Crippen MR) is 64.2 cm³/mol. The van der Waals surface area contributed by atoms with E-state index in [4.69, 9.17) is 10.9 Å². The molecular formula is C10H16F3N5O. The number of alkyl halides is 3. The average Bonchev–Trinajstić information content (AvgIpc) is 2.34. The summed E-state index contributed by atoms with van der Waals surface area (Å²) in [6.07, 6.45) is -3.49. The highest BCUT2D eigenvalue weighted by Gasteiger charge is 2.35. The number of aromatic nitrogens is 2. The van der Waals surface area contributed by atoms with E-state index in [0.29, 0.717) is 12.8 Å². The van der Waals surface area contributed by atoms with Gasteiger partial charge in [0, 0.05) is 18.7 Å². The molecule has 0 radical (unpaired) electrons. The first-order valence-corrected chi connectivity index (χ1v) is 5.67. The smallest absolute Gasteiger partial charge is 0.396 e. The summed E-state index contributed by atoms with van der Waals surface area (Å²) in [7, 11) is 0. The Kier molecular flexibility index (Phi) is 5.31. The number of hydrogen-bond donors (Lipinski definition) is 4. The van der Waals surface area contributed by atoms with Gasteiger partial charge in [0.1, 0.15) is 11.6 Å². The van der Waals surface area contributed by atoms with Gasteiger partial charge in [0.2, 0.25) is 5.82 Å². The van der Waals surface area contributed by atoms with E-state index in [1.807, 2.05) is 0 Å². The third-order valence-corrected chi connectivity index (χ3v) is 2.32. The van der Waals surface area contributed by atoms with Crippen molar-refractivity contribution in [1.29, 1.82) is 0 Å². The zero-order valence-corrected chi connectivity index (χ0v) is 10.3. The fourth-order valence-corrected chi connectivity index (χ4v) is 1.44. The molecule has 5 N–H and O–H groups in total. The Morgan fingerprint density at radius 1 is 1.37 bits per heavy atom. The summed E-state index contributed by atoms with van der Waals surface area (Å²) in [6, 6.07) is 1.15. The largest absolute Gasteiger partial charge is 0.451 e. The van der Waals surface area contributed by atoms with Crippen LogP contribution in [0.25, 0.3) is 0 Å². The molecule has 0 aliphatic carbocycles. The summed E-state index contributed by atoms with van der Waals surface area (Å²) in [6.45, 7) is 1.81. The zero-order valence-electron chi connectivity index (χ0n) is 10.3. The van der Waals surface area contributed by atoms with Gasteiger partial charge in [-0.3, -0.25) is 0 Å². The van der Waals surface area contributed by atoms with Crippen LogP contribution in [0.5, 0.6) is 0 Å². The number of hydrogen-bond acceptors (Lipinski definition) is 6. The Morgan fingerprint density at radius 2 is 2.00 bits per heavy atom. The molecule has 19 heavy (non-hydrogen) atoms. The SMILES string of the molecule is CC(CCCO)Nc1cc(NN)nc(C(F)(F)F)n1. The van der Waals surface area contributed by atoms with Gasteiger partial charge in [0.05, 0.1) is 0 Å². The highest BCUT2D eigenvalue weighted by molar-refractivity contribution is 5.47. The first-order valence-electron chi connectivity index (χ1n) is 5.67. The van der Waals surface area contributed by atoms with Crippen molar-refractivity contribution in [1.82, 2.24) is 9.97 Å². The zero-order chi connectivity index (χ0) is 14.5. The van der Waals surface area contributed by atoms with Gasteiger partial charge in [-0.25, -0.2) is 15.8 Å². The molecule has 0 aromatic carbocycles. The summed E-state index contributed by atoms with van der Waals surface area (Å²) in [5.41, 5.74) is 2.07. The van der Waals surface area contributed by atoms with Gasteiger partial charge in [0.15, 0.2) is 0 Å². The molecule has 0 spiro atoms. The van der Waals surface area contributed by atoms with Gasteiger partial charge >= 0.3 is 6.18 Å². The maximum Gasteiger partial charge on any atom is 0.451 e. The third-order valence-electron chi connectivity index (χ3n) is 2.32. The van der Waals surface area contributed by atoms with Gasteiger partial charge in [-0.15, -0.1) is 0 Å². The van der Waals surface area contributed by atoms with Gasteiger partial charge in [-0.05, 0) is 19.8 Å². The third kappa shape index (κ3) is 4.87. The number of aliphatic hydroxyl groups is 1. The molecule has 0 saturated carbocycles. The van der Waals surface area contributed by atoms with E-state index in [1.54, 1.807) is 6.92 Å². The van der Waals surface area contributed by atoms with Crippen LogP contribution in [0.3, 0.4) is 0 Å². The van der Waals surface area contributed by atoms with Crippen molar-refractivity contribution >= 4 is 11.6 Å². The lowest BCUT2D eigenvalue weighted by molar-refractivity contribution is -0.144. The molecule has 1 aromatic heterocycles. The highest BCUT2D eigenvalue weighted by atomic mass is 19.4. The fraction of sp³-hybridized carbons (Fsp3) is 0.600. The van der Waals surface area contributed by atoms with Crippen molar-refractivity contribution in [3.8, 4) is 0 Å². The monoisotopic (exact) mass is 279 g/mol. The number of aliphatic hydroxyl groups excluding tert-OH is 1. The van der Waals surface area contributed by atoms with Gasteiger partial charge in [-0.1, -0.05) is 0 Å². The first kappa shape index (κ1) is 15.4. The Balaban J connectivity index is 2.88. The van der Waals surface area contributed by atoms with E-state index in [9.17, 15) is 13.2 Å². The van der Waals surface area contributed by atoms with Crippen LogP contribution >= 0.6 is 0 Å². The number of nitrogens with one attached hydrogen (secondary N) is 2. The average molecular weight is 279 g/mol. The molecule has 1 aromatic rings. The quantitative estimate of drug-likeness (QED) is 0.464. The summed E-state index contributed by atoms with van der Waals surface area (Å²) in [5.74, 6) is 3.71. The van der Waals surface area contributed by atoms with Crippen molar-refractivity contribution in [3.63, 3.8) is 0 Å². The first-order chi connectivity index (χ1) is 8.86. The van der Waals surface area contributed by atoms with Crippen LogP contribution in [0.1, 0.15) is 25.6 Å². The second-order valence-corrected chi connectivity index (χ2v) is 4.02. The lowest BCUT2D eigenvalue weighted by Gasteiger charge is -2.16. The molecule has 1 unspecified atom stereocenters. The van der Waals surface area contributed by atoms with Crippen LogP contribution in [0.2, 0.25) is 0 Å². The minimum atomic E-state index is -4.64. The van der Waals surface area contributed by atoms with E-state index in [0.717, 1.165) is 0 Å². The van der Waals surface area contributed by atoms with E-state index in [-0.39, 0.29) is 24.3 Å². The maximum absolute atomic E-state index is 12.6. The second kappa shape index (κ2) is 6.53. The standard InChI is InChI=1S/C10H16F3N5O/c1-6(3-2-4-19)15-7-5-8(18-14)17-9(16-7)10(11,12)13/h5-6,19H,2-4,14H2,1H3,(H2,15,16,17,18). The molecule has 1 atom stereocenters. The lowest BCUT2D eigenvalue weighted by Crippen LogP contribution is -2.20. The van der Waals surface area contributed by atoms with Crippen LogP contribution in [-0.2, 0) is 6.18 Å². The normalized spacial score (nSPS) is 13.2. The Hall–Kier alpha value is -1.61. The Labute approximate surface area is 108 Å². The Bertz CT molecular complexity index is 413. The number of nitrogens with two attached hydrogens (primary N) is 1. The van der Waals surface area contributed by atoms with Crippen LogP contribution in [0, 0.1) is 0 Å². The number of nitrogens with zero attached hydrogens (tertiary/aromatic N) is 2. The molecule has 0 amide bonds. The molecule has 0 fully saturated rings. The van der Waals surface area contributed by atoms with Crippen molar-refractivity contribution in [3.05, 3.63) is 11.9 Å². The van der Waals surface area contributed by atoms with E-state index < -0.39 is 12.0 Å². The lowest BCUT2D eigenvalue weighted by atomic mass is 10.2. The molecule has 0 saturated heterocycles. The van der Waals surface area contributed by atoms with Crippen molar-refractivity contribution in [2.24, 2.45) is 5.84 Å². The van der Waals surface area contributed by atoms with Gasteiger partial charge in [-0.2, -0.15) is 13.2 Å². The van der Waals surface area contributed by atoms with E-state index >= 15 is 0 Å². The number of anilines is 2. The predicted octanol–water partition coefficient (Wildman–Crippen LogP) is 1.35. The second-order valence-electron chi connectivity index (χ2n) is 4.02. The molecular weight excluding hydrogens is 263 g/mol. The molecule has 1 rings (SSSR count). The number of hydrazine groups is 1. The molecule has 6 nitrogen and oxygen atoms in total. The molecule has 9 heteroatoms. The maximum atomic E-state index is 12.6. The number of nitrogen functional groups attached to an aromatic ring is 1. The number of rotatable bonds is 6. The topological polar surface area (TPSA) is 96.1 Å². The molecule has 0 aliphatic rings. The van der Waals surface area contributed by atoms with E-state index in [2.05, 4.69) is 20.7 Å². The van der Waals surface area contributed by atoms with Crippen LogP contribution in [0.4, 0.5) is 24.8 Å². The van der Waals surface area contributed by atoms with Crippen molar-refractivity contribution in [2.45, 2.75) is 32.0 Å². The summed E-state index contributed by atoms with van der Waals surface area (Å²) >= 11 is 0. The van der Waals surface area contributed by atoms with Crippen molar-refractivity contribution < 1.29 is 18.3 Å². The summed E-state index contributed by atoms with van der Waals surface area (Å²) in [5, 5.41) is 11.5. The summed E-state index contributed by atoms with van der Waals surface area (Å²) in [4.78, 5) is 6.64. The molecule has 1 heterocycles. The molecule has 0 aliphatic heterocycles. The Morgan fingerprint density at radius 3 is 2.53 bits per heavy atom. The van der Waals surface area contributed by atoms with Crippen molar-refractivity contribution in [2.75, 3.05) is 17.3 Å². The number of halogens is 3. The summed E-state index contributed by atoms with van der Waals surface area (Å²) < 4.78 is 37.7. The van der Waals surface area contributed by atoms with Crippen LogP contribution < -0.4 is 16.6 Å². The van der Waals surface area contributed by atoms with Gasteiger partial charge < -0.3 is 15.8 Å². The highest BCUT2D eigenvalue weighted by Crippen LogP contribution is 2.28. The molecule has 108 valence electrons. The minimum Gasteiger partial charge on any atom is -0.396 e. The van der Waals surface area contributed by atoms with Gasteiger partial charge in [0.25, 0.3) is 0 Å². The fourth-order valence-electron chi connectivity index (χ4n) is 1.44. The molecule has 0 bridgehead atoms. The minimum absolute atomic E-state index is 0.0270.